The van der Waals surface area contributed by atoms with E-state index in [2.05, 4.69) is 10.6 Å². The van der Waals surface area contributed by atoms with Crippen molar-refractivity contribution in [3.8, 4) is 11.5 Å². The summed E-state index contributed by atoms with van der Waals surface area (Å²) in [6, 6.07) is 10.6. The first-order chi connectivity index (χ1) is 14.5. The summed E-state index contributed by atoms with van der Waals surface area (Å²) in [6.07, 6.45) is -0.595. The van der Waals surface area contributed by atoms with Crippen molar-refractivity contribution in [2.24, 2.45) is 0 Å². The smallest absolute Gasteiger partial charge is 0.254 e. The second-order valence-electron chi connectivity index (χ2n) is 6.86. The van der Waals surface area contributed by atoms with Crippen LogP contribution in [0.5, 0.6) is 11.5 Å². The quantitative estimate of drug-likeness (QED) is 0.563. The van der Waals surface area contributed by atoms with Crippen LogP contribution in [0.2, 0.25) is 0 Å². The number of aliphatic hydroxyl groups is 1. The molecule has 2 amide bonds. The number of carbonyl (C=O) groups excluding carboxylic acids is 2. The fourth-order valence-corrected chi connectivity index (χ4v) is 3.61. The predicted molar refractivity (Wildman–Crippen MR) is 110 cm³/mol. The Morgan fingerprint density at radius 2 is 1.97 bits per heavy atom. The normalized spacial score (nSPS) is 17.1. The summed E-state index contributed by atoms with van der Waals surface area (Å²) in [5.41, 5.74) is 2.10. The third-order valence-electron chi connectivity index (χ3n) is 5.05. The van der Waals surface area contributed by atoms with Crippen molar-refractivity contribution in [2.45, 2.75) is 12.0 Å². The van der Waals surface area contributed by atoms with E-state index in [4.69, 9.17) is 14.2 Å². The first-order valence-corrected chi connectivity index (χ1v) is 9.62. The number of amides is 2. The molecule has 0 saturated heterocycles. The average Bonchev–Trinajstić information content (AvgIpc) is 3.16. The van der Waals surface area contributed by atoms with Crippen LogP contribution in [-0.2, 0) is 4.74 Å². The minimum absolute atomic E-state index is 0.246. The molecule has 1 heterocycles. The third kappa shape index (κ3) is 4.24. The third-order valence-corrected chi connectivity index (χ3v) is 5.05. The Hall–Kier alpha value is -3.10. The largest absolute Gasteiger partial charge is 0.497 e. The zero-order valence-electron chi connectivity index (χ0n) is 17.2. The van der Waals surface area contributed by atoms with Gasteiger partial charge in [0.05, 0.1) is 31.8 Å². The molecule has 2 aromatic rings. The van der Waals surface area contributed by atoms with Crippen molar-refractivity contribution in [3.63, 3.8) is 0 Å². The molecule has 0 bridgehead atoms. The minimum atomic E-state index is -0.595. The van der Waals surface area contributed by atoms with Crippen LogP contribution in [0.3, 0.4) is 0 Å². The molecule has 8 nitrogen and oxygen atoms in total. The average molecular weight is 414 g/mol. The van der Waals surface area contributed by atoms with E-state index < -0.39 is 6.10 Å². The summed E-state index contributed by atoms with van der Waals surface area (Å²) in [5.74, 6) is -0.0277. The molecule has 0 aromatic heterocycles. The molecule has 0 fully saturated rings. The predicted octanol–water partition coefficient (Wildman–Crippen LogP) is 1.32. The maximum atomic E-state index is 12.7. The standard InChI is InChI=1S/C22H26N2O6/c1-23-22(27)17-11-14(21(26)24-7-8-28-2)10-16-19(18(12-25)30-20(16)17)13-5-4-6-15(9-13)29-3/h4-6,9-11,18-19,25H,7-8,12H2,1-3H3,(H,23,27)(H,24,26)/t18-,19+/m1/s1. The van der Waals surface area contributed by atoms with E-state index in [1.165, 1.54) is 13.1 Å². The van der Waals surface area contributed by atoms with Gasteiger partial charge in [-0.25, -0.2) is 0 Å². The molecule has 0 unspecified atom stereocenters. The van der Waals surface area contributed by atoms with Crippen molar-refractivity contribution >= 4 is 11.8 Å². The van der Waals surface area contributed by atoms with Crippen LogP contribution >= 0.6 is 0 Å². The van der Waals surface area contributed by atoms with Gasteiger partial charge >= 0.3 is 0 Å². The molecule has 2 atom stereocenters. The molecule has 1 aliphatic rings. The van der Waals surface area contributed by atoms with Crippen LogP contribution in [-0.4, -0.2) is 64.1 Å². The number of hydrogen-bond acceptors (Lipinski definition) is 6. The van der Waals surface area contributed by atoms with Gasteiger partial charge in [0.2, 0.25) is 0 Å². The molecule has 3 rings (SSSR count). The lowest BCUT2D eigenvalue weighted by molar-refractivity contribution is 0.0937. The SMILES string of the molecule is CNC(=O)c1cc(C(=O)NCCOC)cc2c1O[C@H](CO)[C@H]2c1cccc(OC)c1. The highest BCUT2D eigenvalue weighted by atomic mass is 16.5. The van der Waals surface area contributed by atoms with Gasteiger partial charge in [0.25, 0.3) is 11.8 Å². The van der Waals surface area contributed by atoms with Crippen LogP contribution in [0.25, 0.3) is 0 Å². The van der Waals surface area contributed by atoms with E-state index >= 15 is 0 Å². The highest BCUT2D eigenvalue weighted by Crippen LogP contribution is 2.45. The summed E-state index contributed by atoms with van der Waals surface area (Å²) in [7, 11) is 4.64. The van der Waals surface area contributed by atoms with Crippen molar-refractivity contribution in [1.29, 1.82) is 0 Å². The molecule has 3 N–H and O–H groups in total. The Morgan fingerprint density at radius 1 is 1.17 bits per heavy atom. The zero-order chi connectivity index (χ0) is 21.7. The lowest BCUT2D eigenvalue weighted by atomic mass is 9.86. The molecule has 0 saturated carbocycles. The lowest BCUT2D eigenvalue weighted by Crippen LogP contribution is -2.27. The van der Waals surface area contributed by atoms with E-state index in [0.717, 1.165) is 5.56 Å². The first-order valence-electron chi connectivity index (χ1n) is 9.62. The highest BCUT2D eigenvalue weighted by Gasteiger charge is 2.38. The van der Waals surface area contributed by atoms with Crippen LogP contribution in [0.1, 0.15) is 37.8 Å². The number of hydrogen-bond donors (Lipinski definition) is 3. The monoisotopic (exact) mass is 414 g/mol. The number of rotatable bonds is 8. The maximum absolute atomic E-state index is 12.7. The summed E-state index contributed by atoms with van der Waals surface area (Å²) in [6.45, 7) is 0.469. The Balaban J connectivity index is 2.10. The zero-order valence-corrected chi connectivity index (χ0v) is 17.2. The summed E-state index contributed by atoms with van der Waals surface area (Å²) in [5, 5.41) is 15.3. The van der Waals surface area contributed by atoms with Crippen LogP contribution in [0.4, 0.5) is 0 Å². The number of fused-ring (bicyclic) bond motifs is 1. The molecular formula is C22H26N2O6. The van der Waals surface area contributed by atoms with Crippen LogP contribution < -0.4 is 20.1 Å². The van der Waals surface area contributed by atoms with Gasteiger partial charge in [-0.2, -0.15) is 0 Å². The Bertz CT molecular complexity index is 930. The molecule has 0 aliphatic carbocycles. The van der Waals surface area contributed by atoms with Gasteiger partial charge in [-0.05, 0) is 29.8 Å². The minimum Gasteiger partial charge on any atom is -0.497 e. The molecule has 1 aliphatic heterocycles. The van der Waals surface area contributed by atoms with Crippen LogP contribution in [0.15, 0.2) is 36.4 Å². The van der Waals surface area contributed by atoms with Gasteiger partial charge < -0.3 is 30.0 Å². The number of methoxy groups -OCH3 is 2. The first kappa shape index (κ1) is 21.6. The fourth-order valence-electron chi connectivity index (χ4n) is 3.61. The second kappa shape index (κ2) is 9.60. The van der Waals surface area contributed by atoms with E-state index in [-0.39, 0.29) is 29.9 Å². The van der Waals surface area contributed by atoms with Gasteiger partial charge in [0.1, 0.15) is 17.6 Å². The molecule has 30 heavy (non-hydrogen) atoms. The van der Waals surface area contributed by atoms with Gasteiger partial charge in [0, 0.05) is 31.8 Å². The Labute approximate surface area is 175 Å². The molecule has 2 aromatic carbocycles. The highest BCUT2D eigenvalue weighted by molar-refractivity contribution is 6.02. The van der Waals surface area contributed by atoms with Crippen molar-refractivity contribution in [2.75, 3.05) is 41.0 Å². The fraction of sp³-hybridized carbons (Fsp3) is 0.364. The molecule has 0 spiro atoms. The van der Waals surface area contributed by atoms with E-state index in [1.54, 1.807) is 20.3 Å². The van der Waals surface area contributed by atoms with Crippen molar-refractivity contribution in [3.05, 3.63) is 58.7 Å². The summed E-state index contributed by atoms with van der Waals surface area (Å²) >= 11 is 0. The maximum Gasteiger partial charge on any atom is 0.254 e. The molecular weight excluding hydrogens is 388 g/mol. The summed E-state index contributed by atoms with van der Waals surface area (Å²) < 4.78 is 16.3. The van der Waals surface area contributed by atoms with E-state index in [0.29, 0.717) is 35.8 Å². The number of ether oxygens (including phenoxy) is 3. The Morgan fingerprint density at radius 3 is 2.63 bits per heavy atom. The molecule has 8 heteroatoms. The van der Waals surface area contributed by atoms with Crippen LogP contribution in [0, 0.1) is 0 Å². The second-order valence-corrected chi connectivity index (χ2v) is 6.86. The van der Waals surface area contributed by atoms with Gasteiger partial charge in [0.15, 0.2) is 0 Å². The summed E-state index contributed by atoms with van der Waals surface area (Å²) in [4.78, 5) is 25.2. The van der Waals surface area contributed by atoms with Gasteiger partial charge in [-0.1, -0.05) is 12.1 Å². The number of carbonyl (C=O) groups is 2. The number of nitrogens with one attached hydrogen (secondary N) is 2. The number of aliphatic hydroxyl groups excluding tert-OH is 1. The van der Waals surface area contributed by atoms with E-state index in [1.807, 2.05) is 24.3 Å². The molecule has 0 radical (unpaired) electrons. The van der Waals surface area contributed by atoms with Crippen molar-refractivity contribution in [1.82, 2.24) is 10.6 Å². The number of benzene rings is 2. The van der Waals surface area contributed by atoms with E-state index in [9.17, 15) is 14.7 Å². The topological polar surface area (TPSA) is 106 Å². The van der Waals surface area contributed by atoms with Crippen molar-refractivity contribution < 1.29 is 28.9 Å². The van der Waals surface area contributed by atoms with Gasteiger partial charge in [-0.3, -0.25) is 9.59 Å². The van der Waals surface area contributed by atoms with Gasteiger partial charge in [-0.15, -0.1) is 0 Å². The lowest BCUT2D eigenvalue weighted by Gasteiger charge is -2.18. The Kier molecular flexibility index (Phi) is 6.91. The molecule has 160 valence electrons.